The summed E-state index contributed by atoms with van der Waals surface area (Å²) in [6.45, 7) is 0. The van der Waals surface area contributed by atoms with Crippen LogP contribution < -0.4 is 10.5 Å². The van der Waals surface area contributed by atoms with Crippen molar-refractivity contribution in [2.75, 3.05) is 7.11 Å². The predicted octanol–water partition coefficient (Wildman–Crippen LogP) is 2.68. The fraction of sp³-hybridized carbons (Fsp3) is 0.538. The van der Waals surface area contributed by atoms with Gasteiger partial charge in [-0.05, 0) is 42.9 Å². The Balaban J connectivity index is 2.07. The molecule has 0 saturated heterocycles. The maximum Gasteiger partial charge on any atom is 0.118 e. The number of hydrogen-bond acceptors (Lipinski definition) is 2. The molecule has 2 N–H and O–H groups in total. The highest BCUT2D eigenvalue weighted by Crippen LogP contribution is 2.32. The summed E-state index contributed by atoms with van der Waals surface area (Å²) in [5, 5.41) is 0. The number of ether oxygens (including phenoxy) is 1. The van der Waals surface area contributed by atoms with E-state index < -0.39 is 0 Å². The van der Waals surface area contributed by atoms with Crippen LogP contribution in [0.1, 0.15) is 37.2 Å². The lowest BCUT2D eigenvalue weighted by atomic mass is 9.82. The molecule has 15 heavy (non-hydrogen) atoms. The van der Waals surface area contributed by atoms with E-state index in [1.165, 1.54) is 24.8 Å². The molecule has 0 spiro atoms. The summed E-state index contributed by atoms with van der Waals surface area (Å²) in [5.41, 5.74) is 7.40. The molecule has 2 heteroatoms. The Morgan fingerprint density at radius 3 is 2.53 bits per heavy atom. The fourth-order valence-electron chi connectivity index (χ4n) is 2.41. The summed E-state index contributed by atoms with van der Waals surface area (Å²) in [4.78, 5) is 0. The molecule has 1 aliphatic rings. The van der Waals surface area contributed by atoms with Crippen molar-refractivity contribution >= 4 is 0 Å². The van der Waals surface area contributed by atoms with E-state index in [1.807, 2.05) is 12.1 Å². The van der Waals surface area contributed by atoms with Crippen LogP contribution in [0.15, 0.2) is 24.3 Å². The highest BCUT2D eigenvalue weighted by molar-refractivity contribution is 5.29. The molecule has 1 aromatic carbocycles. The Hall–Kier alpha value is -1.02. The quantitative estimate of drug-likeness (QED) is 0.805. The van der Waals surface area contributed by atoms with Crippen molar-refractivity contribution in [1.82, 2.24) is 0 Å². The molecule has 0 bridgehead atoms. The zero-order valence-electron chi connectivity index (χ0n) is 9.28. The number of benzene rings is 1. The third kappa shape index (κ3) is 2.51. The van der Waals surface area contributed by atoms with Crippen LogP contribution in [0, 0.1) is 0 Å². The van der Waals surface area contributed by atoms with Gasteiger partial charge in [-0.15, -0.1) is 0 Å². The Labute approximate surface area is 91.4 Å². The van der Waals surface area contributed by atoms with Crippen LogP contribution in [0.2, 0.25) is 0 Å². The number of methoxy groups -OCH3 is 1. The average Bonchev–Trinajstić information content (AvgIpc) is 2.29. The van der Waals surface area contributed by atoms with E-state index in [1.54, 1.807) is 7.11 Å². The fourth-order valence-corrected chi connectivity index (χ4v) is 2.41. The number of nitrogens with two attached hydrogens (primary N) is 1. The Bertz CT molecular complexity index is 307. The molecule has 2 unspecified atom stereocenters. The third-order valence-electron chi connectivity index (χ3n) is 3.30. The lowest BCUT2D eigenvalue weighted by Crippen LogP contribution is -2.26. The van der Waals surface area contributed by atoms with Gasteiger partial charge in [0.15, 0.2) is 0 Å². The first-order valence-corrected chi connectivity index (χ1v) is 5.69. The molecule has 1 aliphatic carbocycles. The second-order valence-corrected chi connectivity index (χ2v) is 4.40. The summed E-state index contributed by atoms with van der Waals surface area (Å²) in [6.07, 6.45) is 4.86. The van der Waals surface area contributed by atoms with Gasteiger partial charge < -0.3 is 10.5 Å². The van der Waals surface area contributed by atoms with Crippen molar-refractivity contribution in [1.29, 1.82) is 0 Å². The predicted molar refractivity (Wildman–Crippen MR) is 62.2 cm³/mol. The summed E-state index contributed by atoms with van der Waals surface area (Å²) < 4.78 is 5.15. The highest BCUT2D eigenvalue weighted by atomic mass is 16.5. The second kappa shape index (κ2) is 4.67. The van der Waals surface area contributed by atoms with Gasteiger partial charge in [-0.1, -0.05) is 18.6 Å². The molecule has 1 saturated carbocycles. The normalized spacial score (nSPS) is 26.3. The molecule has 0 radical (unpaired) electrons. The van der Waals surface area contributed by atoms with E-state index >= 15 is 0 Å². The summed E-state index contributed by atoms with van der Waals surface area (Å²) in [7, 11) is 1.70. The van der Waals surface area contributed by atoms with Gasteiger partial charge in [0, 0.05) is 6.04 Å². The maximum atomic E-state index is 5.99. The van der Waals surface area contributed by atoms with Crippen molar-refractivity contribution in [3.05, 3.63) is 29.8 Å². The Morgan fingerprint density at radius 2 is 1.93 bits per heavy atom. The van der Waals surface area contributed by atoms with Crippen LogP contribution in [-0.4, -0.2) is 13.2 Å². The van der Waals surface area contributed by atoms with Crippen LogP contribution in [0.25, 0.3) is 0 Å². The van der Waals surface area contributed by atoms with Gasteiger partial charge in [-0.2, -0.15) is 0 Å². The smallest absolute Gasteiger partial charge is 0.118 e. The molecule has 0 aliphatic heterocycles. The molecule has 2 rings (SSSR count). The summed E-state index contributed by atoms with van der Waals surface area (Å²) in [6, 6.07) is 8.81. The SMILES string of the molecule is COc1ccc(C2CCCC(N)C2)cc1. The number of hydrogen-bond donors (Lipinski definition) is 1. The molecule has 1 fully saturated rings. The Morgan fingerprint density at radius 1 is 1.20 bits per heavy atom. The van der Waals surface area contributed by atoms with E-state index in [-0.39, 0.29) is 0 Å². The third-order valence-corrected chi connectivity index (χ3v) is 3.30. The first-order chi connectivity index (χ1) is 7.29. The highest BCUT2D eigenvalue weighted by Gasteiger charge is 2.20. The molecule has 1 aromatic rings. The van der Waals surface area contributed by atoms with Gasteiger partial charge in [-0.3, -0.25) is 0 Å². The van der Waals surface area contributed by atoms with Crippen LogP contribution in [0.4, 0.5) is 0 Å². The number of rotatable bonds is 2. The molecule has 0 heterocycles. The molecule has 0 amide bonds. The van der Waals surface area contributed by atoms with Crippen molar-refractivity contribution < 1.29 is 4.74 Å². The van der Waals surface area contributed by atoms with Gasteiger partial charge >= 0.3 is 0 Å². The topological polar surface area (TPSA) is 35.2 Å². The van der Waals surface area contributed by atoms with Crippen LogP contribution in [0.5, 0.6) is 5.75 Å². The van der Waals surface area contributed by atoms with Gasteiger partial charge in [0.1, 0.15) is 5.75 Å². The zero-order valence-corrected chi connectivity index (χ0v) is 9.28. The van der Waals surface area contributed by atoms with Gasteiger partial charge in [0.05, 0.1) is 7.11 Å². The minimum absolute atomic E-state index is 0.394. The molecular formula is C13H19NO. The van der Waals surface area contributed by atoms with E-state index in [9.17, 15) is 0 Å². The first kappa shape index (κ1) is 10.5. The second-order valence-electron chi connectivity index (χ2n) is 4.40. The van der Waals surface area contributed by atoms with Crippen LogP contribution >= 0.6 is 0 Å². The van der Waals surface area contributed by atoms with Gasteiger partial charge in [-0.25, -0.2) is 0 Å². The van der Waals surface area contributed by atoms with Gasteiger partial charge in [0.2, 0.25) is 0 Å². The first-order valence-electron chi connectivity index (χ1n) is 5.69. The molecule has 0 aromatic heterocycles. The van der Waals surface area contributed by atoms with Crippen molar-refractivity contribution in [2.45, 2.75) is 37.6 Å². The average molecular weight is 205 g/mol. The summed E-state index contributed by atoms with van der Waals surface area (Å²) >= 11 is 0. The van der Waals surface area contributed by atoms with Crippen molar-refractivity contribution in [2.24, 2.45) is 5.73 Å². The van der Waals surface area contributed by atoms with E-state index in [4.69, 9.17) is 10.5 Å². The van der Waals surface area contributed by atoms with E-state index in [0.717, 1.165) is 12.2 Å². The lowest BCUT2D eigenvalue weighted by Gasteiger charge is -2.26. The maximum absolute atomic E-state index is 5.99. The minimum Gasteiger partial charge on any atom is -0.497 e. The largest absolute Gasteiger partial charge is 0.497 e. The van der Waals surface area contributed by atoms with Crippen molar-refractivity contribution in [3.63, 3.8) is 0 Å². The van der Waals surface area contributed by atoms with Crippen LogP contribution in [0.3, 0.4) is 0 Å². The summed E-state index contributed by atoms with van der Waals surface area (Å²) in [5.74, 6) is 1.58. The van der Waals surface area contributed by atoms with E-state index in [2.05, 4.69) is 12.1 Å². The standard InChI is InChI=1S/C13H19NO/c1-15-13-7-5-10(6-8-13)11-3-2-4-12(14)9-11/h5-8,11-12H,2-4,9,14H2,1H3. The molecule has 2 atom stereocenters. The monoisotopic (exact) mass is 205 g/mol. The van der Waals surface area contributed by atoms with E-state index in [0.29, 0.717) is 12.0 Å². The Kier molecular flexibility index (Phi) is 3.27. The molecular weight excluding hydrogens is 186 g/mol. The zero-order chi connectivity index (χ0) is 10.7. The molecule has 2 nitrogen and oxygen atoms in total. The minimum atomic E-state index is 0.394. The lowest BCUT2D eigenvalue weighted by molar-refractivity contribution is 0.391. The van der Waals surface area contributed by atoms with Crippen molar-refractivity contribution in [3.8, 4) is 5.75 Å². The van der Waals surface area contributed by atoms with Crippen LogP contribution in [-0.2, 0) is 0 Å². The molecule has 82 valence electrons. The van der Waals surface area contributed by atoms with Gasteiger partial charge in [0.25, 0.3) is 0 Å².